The number of hydrogen-bond donors (Lipinski definition) is 2. The molecule has 1 aromatic heterocycles. The lowest BCUT2D eigenvalue weighted by Gasteiger charge is -2.08. The Hall–Kier alpha value is -0.940. The van der Waals surface area contributed by atoms with Gasteiger partial charge in [-0.25, -0.2) is 4.98 Å². The van der Waals surface area contributed by atoms with Crippen molar-refractivity contribution in [1.29, 1.82) is 0 Å². The molecule has 4 nitrogen and oxygen atoms in total. The largest absolute Gasteiger partial charge is 0.320 e. The normalized spacial score (nSPS) is 12.2. The minimum absolute atomic E-state index is 0.210. The van der Waals surface area contributed by atoms with Gasteiger partial charge in [0.05, 0.1) is 6.04 Å². The lowest BCUT2D eigenvalue weighted by molar-refractivity contribution is -0.117. The Labute approximate surface area is 91.0 Å². The molecule has 14 heavy (non-hydrogen) atoms. The highest BCUT2D eigenvalue weighted by Crippen LogP contribution is 2.12. The van der Waals surface area contributed by atoms with Crippen molar-refractivity contribution in [3.63, 3.8) is 0 Å². The monoisotopic (exact) mass is 257 g/mol. The van der Waals surface area contributed by atoms with Crippen molar-refractivity contribution >= 4 is 27.7 Å². The van der Waals surface area contributed by atoms with Crippen LogP contribution in [0.3, 0.4) is 0 Å². The van der Waals surface area contributed by atoms with Gasteiger partial charge in [-0.2, -0.15) is 0 Å². The van der Waals surface area contributed by atoms with Crippen molar-refractivity contribution in [1.82, 2.24) is 4.98 Å². The molecule has 1 atom stereocenters. The van der Waals surface area contributed by atoms with Crippen LogP contribution in [0.4, 0.5) is 5.82 Å². The van der Waals surface area contributed by atoms with Crippen molar-refractivity contribution in [2.24, 2.45) is 5.73 Å². The molecule has 1 heterocycles. The number of pyridine rings is 1. The van der Waals surface area contributed by atoms with E-state index in [9.17, 15) is 4.79 Å². The summed E-state index contributed by atoms with van der Waals surface area (Å²) in [5.74, 6) is 0.298. The summed E-state index contributed by atoms with van der Waals surface area (Å²) >= 11 is 3.28. The lowest BCUT2D eigenvalue weighted by Crippen LogP contribution is -2.35. The van der Waals surface area contributed by atoms with Crippen LogP contribution in [0, 0.1) is 0 Å². The fraction of sp³-hybridized carbons (Fsp3) is 0.333. The molecule has 0 bridgehead atoms. The predicted molar refractivity (Wildman–Crippen MR) is 58.8 cm³/mol. The summed E-state index contributed by atoms with van der Waals surface area (Å²) in [6.07, 6.45) is 2.22. The quantitative estimate of drug-likeness (QED) is 0.863. The Morgan fingerprint density at radius 3 is 3.07 bits per heavy atom. The molecule has 1 amide bonds. The fourth-order valence-electron chi connectivity index (χ4n) is 0.877. The van der Waals surface area contributed by atoms with Crippen LogP contribution < -0.4 is 11.1 Å². The van der Waals surface area contributed by atoms with Gasteiger partial charge >= 0.3 is 0 Å². The topological polar surface area (TPSA) is 68.0 Å². The zero-order chi connectivity index (χ0) is 10.6. The van der Waals surface area contributed by atoms with Crippen LogP contribution in [0.2, 0.25) is 0 Å². The second-order valence-corrected chi connectivity index (χ2v) is 3.78. The molecule has 1 rings (SSSR count). The summed E-state index contributed by atoms with van der Waals surface area (Å²) in [5, 5.41) is 2.63. The zero-order valence-corrected chi connectivity index (χ0v) is 9.41. The van der Waals surface area contributed by atoms with E-state index >= 15 is 0 Å². The molecule has 0 saturated carbocycles. The summed E-state index contributed by atoms with van der Waals surface area (Å²) in [7, 11) is 0. The average Bonchev–Trinajstić information content (AvgIpc) is 2.16. The fourth-order valence-corrected chi connectivity index (χ4v) is 1.21. The van der Waals surface area contributed by atoms with E-state index in [1.807, 2.05) is 6.92 Å². The van der Waals surface area contributed by atoms with Crippen molar-refractivity contribution in [3.05, 3.63) is 22.8 Å². The molecule has 3 N–H and O–H groups in total. The van der Waals surface area contributed by atoms with E-state index in [0.717, 1.165) is 4.47 Å². The molecule has 0 unspecified atom stereocenters. The van der Waals surface area contributed by atoms with Crippen molar-refractivity contribution < 1.29 is 4.79 Å². The second-order valence-electron chi connectivity index (χ2n) is 2.86. The minimum atomic E-state index is -0.476. The Balaban J connectivity index is 2.65. The number of anilines is 1. The number of amides is 1. The van der Waals surface area contributed by atoms with Gasteiger partial charge in [0.1, 0.15) is 5.82 Å². The summed E-state index contributed by atoms with van der Waals surface area (Å²) in [6, 6.07) is 3.03. The number of aromatic nitrogens is 1. The first-order valence-corrected chi connectivity index (χ1v) is 5.10. The van der Waals surface area contributed by atoms with Crippen molar-refractivity contribution in [3.8, 4) is 0 Å². The molecule has 0 aromatic carbocycles. The molecule has 0 fully saturated rings. The summed E-state index contributed by atoms with van der Waals surface area (Å²) in [4.78, 5) is 15.3. The zero-order valence-electron chi connectivity index (χ0n) is 7.83. The number of hydrogen-bond acceptors (Lipinski definition) is 3. The van der Waals surface area contributed by atoms with Gasteiger partial charge in [0.25, 0.3) is 0 Å². The maximum absolute atomic E-state index is 11.4. The maximum Gasteiger partial charge on any atom is 0.242 e. The Morgan fingerprint density at radius 1 is 1.79 bits per heavy atom. The number of halogens is 1. The first-order chi connectivity index (χ1) is 6.63. The highest BCUT2D eigenvalue weighted by molar-refractivity contribution is 9.10. The van der Waals surface area contributed by atoms with E-state index in [2.05, 4.69) is 26.2 Å². The first-order valence-electron chi connectivity index (χ1n) is 4.31. The number of carbonyl (C=O) groups is 1. The average molecular weight is 258 g/mol. The molecule has 0 aliphatic heterocycles. The van der Waals surface area contributed by atoms with Gasteiger partial charge in [0.2, 0.25) is 5.91 Å². The van der Waals surface area contributed by atoms with Crippen molar-refractivity contribution in [2.75, 3.05) is 5.32 Å². The van der Waals surface area contributed by atoms with Crippen LogP contribution in [0.15, 0.2) is 22.8 Å². The highest BCUT2D eigenvalue weighted by atomic mass is 79.9. The Kier molecular flexibility index (Phi) is 4.03. The van der Waals surface area contributed by atoms with Gasteiger partial charge in [-0.3, -0.25) is 4.79 Å². The highest BCUT2D eigenvalue weighted by Gasteiger charge is 2.11. The van der Waals surface area contributed by atoms with Crippen molar-refractivity contribution in [2.45, 2.75) is 19.4 Å². The first kappa shape index (κ1) is 11.1. The van der Waals surface area contributed by atoms with Gasteiger partial charge in [0.15, 0.2) is 0 Å². The molecule has 5 heteroatoms. The van der Waals surface area contributed by atoms with Crippen LogP contribution in [0.5, 0.6) is 0 Å². The molecule has 0 radical (unpaired) electrons. The van der Waals surface area contributed by atoms with Crippen LogP contribution in [0.25, 0.3) is 0 Å². The smallest absolute Gasteiger partial charge is 0.242 e. The molecule has 0 spiro atoms. The molecule has 76 valence electrons. The summed E-state index contributed by atoms with van der Waals surface area (Å²) in [6.45, 7) is 1.86. The standard InChI is InChI=1S/C9H12BrN3O/c1-2-7(11)9(14)13-8-5-6(10)3-4-12-8/h3-5,7H,2,11H2,1H3,(H,12,13,14)/t7-/m0/s1. The van der Waals surface area contributed by atoms with Crippen LogP contribution in [-0.4, -0.2) is 16.9 Å². The lowest BCUT2D eigenvalue weighted by atomic mass is 10.2. The number of nitrogens with zero attached hydrogens (tertiary/aromatic N) is 1. The van der Waals surface area contributed by atoms with E-state index < -0.39 is 6.04 Å². The molecule has 1 aromatic rings. The Bertz CT molecular complexity index is 330. The maximum atomic E-state index is 11.4. The van der Waals surface area contributed by atoms with Crippen LogP contribution >= 0.6 is 15.9 Å². The molecule has 0 saturated heterocycles. The Morgan fingerprint density at radius 2 is 2.50 bits per heavy atom. The van der Waals surface area contributed by atoms with E-state index in [-0.39, 0.29) is 5.91 Å². The van der Waals surface area contributed by atoms with E-state index in [1.165, 1.54) is 0 Å². The van der Waals surface area contributed by atoms with Gasteiger partial charge in [-0.1, -0.05) is 22.9 Å². The predicted octanol–water partition coefficient (Wildman–Crippen LogP) is 1.52. The van der Waals surface area contributed by atoms with E-state index in [0.29, 0.717) is 12.2 Å². The van der Waals surface area contributed by atoms with Gasteiger partial charge in [-0.15, -0.1) is 0 Å². The number of carbonyl (C=O) groups excluding carboxylic acids is 1. The third-order valence-corrected chi connectivity index (χ3v) is 2.24. The number of nitrogens with one attached hydrogen (secondary N) is 1. The number of rotatable bonds is 3. The van der Waals surface area contributed by atoms with E-state index in [1.54, 1.807) is 18.3 Å². The van der Waals surface area contributed by atoms with Gasteiger partial charge in [-0.05, 0) is 18.6 Å². The van der Waals surface area contributed by atoms with Crippen LogP contribution in [-0.2, 0) is 4.79 Å². The van der Waals surface area contributed by atoms with Crippen LogP contribution in [0.1, 0.15) is 13.3 Å². The third-order valence-electron chi connectivity index (χ3n) is 1.75. The molecular formula is C9H12BrN3O. The molecular weight excluding hydrogens is 246 g/mol. The third kappa shape index (κ3) is 3.08. The van der Waals surface area contributed by atoms with Gasteiger partial charge in [0, 0.05) is 10.7 Å². The minimum Gasteiger partial charge on any atom is -0.320 e. The second kappa shape index (κ2) is 5.07. The SMILES string of the molecule is CC[C@H](N)C(=O)Nc1cc(Br)ccn1. The van der Waals surface area contributed by atoms with E-state index in [4.69, 9.17) is 5.73 Å². The molecule has 0 aliphatic carbocycles. The van der Waals surface area contributed by atoms with Gasteiger partial charge < -0.3 is 11.1 Å². The number of nitrogens with two attached hydrogens (primary N) is 1. The molecule has 0 aliphatic rings. The summed E-state index contributed by atoms with van der Waals surface area (Å²) < 4.78 is 0.868. The summed E-state index contributed by atoms with van der Waals surface area (Å²) in [5.41, 5.74) is 5.55.